The third-order valence-corrected chi connectivity index (χ3v) is 18.8. The number of phenols is 1. The number of ether oxygens (including phenoxy) is 4. The van der Waals surface area contributed by atoms with Gasteiger partial charge in [0.1, 0.15) is 40.0 Å². The van der Waals surface area contributed by atoms with Crippen molar-refractivity contribution in [3.05, 3.63) is 231 Å². The molecular formula is C75H78Br2Cl6N8O9. The molecule has 4 atom stereocenters. The maximum absolute atomic E-state index is 13.6. The molecule has 4 fully saturated rings. The number of likely N-dealkylation sites (tertiary alicyclic amines) is 1. The van der Waals surface area contributed by atoms with Gasteiger partial charge in [-0.2, -0.15) is 0 Å². The average molecular weight is 1610 g/mol. The van der Waals surface area contributed by atoms with Crippen molar-refractivity contribution in [1.82, 2.24) is 30.2 Å². The van der Waals surface area contributed by atoms with Crippen molar-refractivity contribution in [2.75, 3.05) is 55.6 Å². The van der Waals surface area contributed by atoms with Crippen molar-refractivity contribution in [1.29, 1.82) is 0 Å². The lowest BCUT2D eigenvalue weighted by Crippen LogP contribution is -2.48. The fourth-order valence-corrected chi connectivity index (χ4v) is 12.4. The van der Waals surface area contributed by atoms with Crippen LogP contribution in [0.2, 0.25) is 30.3 Å². The molecule has 4 aromatic heterocycles. The number of aryl methyl sites for hydroxylation is 4. The molecule has 1 saturated carbocycles. The van der Waals surface area contributed by atoms with E-state index in [1.807, 2.05) is 136 Å². The Morgan fingerprint density at radius 1 is 0.530 bits per heavy atom. The highest BCUT2D eigenvalue weighted by Crippen LogP contribution is 2.39. The van der Waals surface area contributed by atoms with Crippen molar-refractivity contribution in [2.45, 2.75) is 91.9 Å². The molecule has 0 spiro atoms. The number of nitrogens with one attached hydrogen (secondary N) is 1. The van der Waals surface area contributed by atoms with E-state index in [1.54, 1.807) is 60.7 Å². The van der Waals surface area contributed by atoms with E-state index in [-0.39, 0.29) is 37.0 Å². The Bertz CT molecular complexity index is 4200. The Balaban J connectivity index is 0.000000185. The first-order valence-corrected chi connectivity index (χ1v) is 35.9. The molecule has 4 N–H and O–H groups in total. The third kappa shape index (κ3) is 24.3. The molecule has 4 aliphatic rings. The van der Waals surface area contributed by atoms with Crippen LogP contribution in [0.3, 0.4) is 0 Å². The molecule has 5 aromatic carbocycles. The third-order valence-electron chi connectivity index (χ3n) is 16.0. The van der Waals surface area contributed by atoms with Gasteiger partial charge < -0.3 is 54.3 Å². The highest BCUT2D eigenvalue weighted by molar-refractivity contribution is 9.10. The largest absolute Gasteiger partial charge is 0.506 e. The predicted octanol–water partition coefficient (Wildman–Crippen LogP) is 20.0. The minimum absolute atomic E-state index is 0. The average Bonchev–Trinajstić information content (AvgIpc) is 1.60. The van der Waals surface area contributed by atoms with Crippen molar-refractivity contribution < 1.29 is 43.9 Å². The molecule has 17 nitrogen and oxygen atoms in total. The second-order valence-corrected chi connectivity index (χ2v) is 28.2. The summed E-state index contributed by atoms with van der Waals surface area (Å²) in [5, 5.41) is 35.7. The number of hydrogen-bond donors (Lipinski definition) is 4. The molecule has 7 heterocycles. The minimum atomic E-state index is -0.902. The van der Waals surface area contributed by atoms with Crippen LogP contribution in [0.1, 0.15) is 80.4 Å². The van der Waals surface area contributed by atoms with Gasteiger partial charge in [0.25, 0.3) is 0 Å². The quantitative estimate of drug-likeness (QED) is 0.0626. The Labute approximate surface area is 630 Å². The highest BCUT2D eigenvalue weighted by Gasteiger charge is 2.34. The summed E-state index contributed by atoms with van der Waals surface area (Å²) in [6.07, 6.45) is 5.02. The lowest BCUT2D eigenvalue weighted by molar-refractivity contribution is -0.141. The maximum atomic E-state index is 13.6. The van der Waals surface area contributed by atoms with Gasteiger partial charge in [-0.25, -0.2) is 19.9 Å². The SMILES string of the molecule is C.Cc1cccc(Cl)n1.Cc1cccc(Oc2cc(Br)ccc2Cl)n1.Cc1cccc(Oc2cc(N3CC[C@@H](C(=O)N[C@H](CN4CCCC4)[C@H](O)c4ccc(OC5CC5)c(Cl)c4)C3)ccc2Cl)n1.Cc1cccc(Oc2cc(N3CC[C@@H](C(=O)O)C3)ccc2Cl)n1.Oc1cc(Br)ccc1Cl. The molecule has 0 bridgehead atoms. The number of anilines is 2. The smallest absolute Gasteiger partial charge is 0.308 e. The number of pyridine rings is 4. The van der Waals surface area contributed by atoms with Crippen LogP contribution in [0.4, 0.5) is 11.4 Å². The topological polar surface area (TPSA) is 205 Å². The van der Waals surface area contributed by atoms with Crippen molar-refractivity contribution in [3.8, 4) is 46.4 Å². The number of carbonyl (C=O) groups is 2. The number of phenolic OH excluding ortho intramolecular Hbond substituents is 1. The normalized spacial score (nSPS) is 15.9. The van der Waals surface area contributed by atoms with Crippen LogP contribution in [-0.2, 0) is 9.59 Å². The number of nitrogens with zero attached hydrogens (tertiary/aromatic N) is 7. The molecule has 25 heteroatoms. The standard InChI is InChI=1S/C33H38Cl2N4O4.C17H17ClN2O3.C12H9BrClNO.C6H4BrClO.C6H6ClN.CH4/c1-21-5-4-6-31(36-21)43-30-18-24(8-11-26(30)34)39-16-13-23(19-39)33(41)37-28(20-38-14-2-3-15-38)32(40)22-7-12-29(27(35)17-22)42-25-9-10-25;1-11-3-2-4-16(19-11)23-15-9-13(5-6-14(15)18)20-8-7-12(10-20)17(21)22;1-8-3-2-4-12(15-8)16-11-7-9(13)5-6-10(11)14;7-4-1-2-5(8)6(9)3-4;1-5-3-2-4-6(7)8-5;/h4-8,11-12,17-18,23,25,28,32,40H,2-3,9-10,13-16,19-20H2,1H3,(H,37,41);2-6,9,12H,7-8,10H2,1H3,(H,21,22);2-7H,1H3;1-3,9H;2-4H,1H3;1H4/t23-,28-,32-;12-;;;;/m11..../s1. The number of benzene rings is 5. The molecule has 528 valence electrons. The van der Waals surface area contributed by atoms with Crippen LogP contribution < -0.4 is 34.1 Å². The lowest BCUT2D eigenvalue weighted by atomic mass is 10.00. The minimum Gasteiger partial charge on any atom is -0.506 e. The number of rotatable bonds is 17. The zero-order valence-corrected chi connectivity index (χ0v) is 62.3. The second kappa shape index (κ2) is 38.2. The number of aliphatic carboxylic acids is 1. The number of aliphatic hydroxyl groups excluding tert-OH is 1. The molecule has 100 heavy (non-hydrogen) atoms. The molecule has 0 radical (unpaired) electrons. The predicted molar refractivity (Wildman–Crippen MR) is 407 cm³/mol. The van der Waals surface area contributed by atoms with Crippen LogP contribution in [0, 0.1) is 39.5 Å². The first kappa shape index (κ1) is 78.6. The van der Waals surface area contributed by atoms with Gasteiger partial charge in [0.05, 0.1) is 49.1 Å². The van der Waals surface area contributed by atoms with Gasteiger partial charge in [-0.15, -0.1) is 0 Å². The summed E-state index contributed by atoms with van der Waals surface area (Å²) >= 11 is 42.8. The monoisotopic (exact) mass is 1600 g/mol. The number of carboxylic acids is 1. The van der Waals surface area contributed by atoms with Crippen molar-refractivity contribution in [3.63, 3.8) is 0 Å². The van der Waals surface area contributed by atoms with Crippen LogP contribution in [0.15, 0.2) is 173 Å². The molecule has 13 rings (SSSR count). The zero-order chi connectivity index (χ0) is 70.7. The highest BCUT2D eigenvalue weighted by atomic mass is 79.9. The molecule has 9 aromatic rings. The first-order chi connectivity index (χ1) is 47.5. The van der Waals surface area contributed by atoms with E-state index in [4.69, 9.17) is 98.8 Å². The zero-order valence-electron chi connectivity index (χ0n) is 54.6. The van der Waals surface area contributed by atoms with Crippen LogP contribution in [0.5, 0.6) is 46.4 Å². The number of hydrogen-bond acceptors (Lipinski definition) is 15. The van der Waals surface area contributed by atoms with Gasteiger partial charge in [0.2, 0.25) is 23.5 Å². The fourth-order valence-electron chi connectivity index (χ4n) is 10.7. The molecule has 3 saturated heterocycles. The number of aromatic nitrogens is 4. The Hall–Kier alpha value is -7.14. The van der Waals surface area contributed by atoms with Gasteiger partial charge in [-0.3, -0.25) is 9.59 Å². The molecule has 1 aliphatic carbocycles. The van der Waals surface area contributed by atoms with Gasteiger partial charge in [0.15, 0.2) is 0 Å². The number of aromatic hydroxyl groups is 1. The van der Waals surface area contributed by atoms with E-state index < -0.39 is 18.1 Å². The van der Waals surface area contributed by atoms with Crippen LogP contribution >= 0.6 is 101 Å². The van der Waals surface area contributed by atoms with Crippen LogP contribution in [-0.4, -0.2) is 110 Å². The van der Waals surface area contributed by atoms with Gasteiger partial charge in [-0.1, -0.05) is 139 Å². The van der Waals surface area contributed by atoms with E-state index in [1.165, 1.54) is 0 Å². The summed E-state index contributed by atoms with van der Waals surface area (Å²) in [6.45, 7) is 12.6. The van der Waals surface area contributed by atoms with E-state index >= 15 is 0 Å². The van der Waals surface area contributed by atoms with E-state index in [9.17, 15) is 14.7 Å². The summed E-state index contributed by atoms with van der Waals surface area (Å²) in [5.41, 5.74) is 6.08. The number of amides is 1. The molecule has 1 amide bonds. The first-order valence-electron chi connectivity index (χ1n) is 32.0. The number of carbonyl (C=O) groups excluding carboxylic acids is 1. The molecule has 0 unspecified atom stereocenters. The number of carboxylic acid groups (broad SMARTS) is 1. The van der Waals surface area contributed by atoms with Gasteiger partial charge in [0, 0.05) is 106 Å². The van der Waals surface area contributed by atoms with E-state index in [2.05, 4.69) is 66.9 Å². The number of halogens is 8. The Kier molecular flexibility index (Phi) is 30.0. The Morgan fingerprint density at radius 2 is 0.990 bits per heavy atom. The van der Waals surface area contributed by atoms with E-state index in [0.29, 0.717) is 115 Å². The van der Waals surface area contributed by atoms with Crippen molar-refractivity contribution in [2.24, 2.45) is 11.8 Å². The number of aliphatic hydroxyl groups is 1. The van der Waals surface area contributed by atoms with E-state index in [0.717, 1.165) is 88.4 Å². The van der Waals surface area contributed by atoms with Gasteiger partial charge in [-0.05, 0) is 188 Å². The van der Waals surface area contributed by atoms with Gasteiger partial charge >= 0.3 is 5.97 Å². The van der Waals surface area contributed by atoms with Crippen molar-refractivity contribution >= 4 is 125 Å². The molecule has 3 aliphatic heterocycles. The lowest BCUT2D eigenvalue weighted by Gasteiger charge is -2.30. The summed E-state index contributed by atoms with van der Waals surface area (Å²) in [4.78, 5) is 48.1. The molecular weight excluding hydrogens is 1530 g/mol. The second-order valence-electron chi connectivity index (χ2n) is 23.9. The summed E-state index contributed by atoms with van der Waals surface area (Å²) in [7, 11) is 0. The Morgan fingerprint density at radius 3 is 1.43 bits per heavy atom. The van der Waals surface area contributed by atoms with Crippen LogP contribution in [0.25, 0.3) is 0 Å². The maximum Gasteiger partial charge on any atom is 0.308 e. The summed E-state index contributed by atoms with van der Waals surface area (Å²) in [6, 6.07) is 48.7. The fraction of sp³-hybridized carbons (Fsp3) is 0.307. The summed E-state index contributed by atoms with van der Waals surface area (Å²) in [5.74, 6) is 2.52. The summed E-state index contributed by atoms with van der Waals surface area (Å²) < 4.78 is 25.0.